The number of sulfonamides is 1. The Labute approximate surface area is 247 Å². The van der Waals surface area contributed by atoms with Crippen molar-refractivity contribution in [3.8, 4) is 11.5 Å². The van der Waals surface area contributed by atoms with Gasteiger partial charge in [0.25, 0.3) is 0 Å². The van der Waals surface area contributed by atoms with E-state index in [1.807, 2.05) is 51.1 Å². The van der Waals surface area contributed by atoms with E-state index in [9.17, 15) is 22.4 Å². The fraction of sp³-hybridized carbons (Fsp3) is 0.355. The second kappa shape index (κ2) is 13.7. The third kappa shape index (κ3) is 8.94. The molecule has 0 radical (unpaired) electrons. The molecular formula is C31H38FN3O6S. The van der Waals surface area contributed by atoms with Crippen LogP contribution in [0.2, 0.25) is 0 Å². The van der Waals surface area contributed by atoms with Crippen LogP contribution in [0.5, 0.6) is 11.5 Å². The maximum atomic E-state index is 14.2. The Hall–Kier alpha value is -4.12. The topological polar surface area (TPSA) is 105 Å². The fourth-order valence-corrected chi connectivity index (χ4v) is 5.22. The normalized spacial score (nSPS) is 12.3. The lowest BCUT2D eigenvalue weighted by Gasteiger charge is -2.35. The summed E-state index contributed by atoms with van der Waals surface area (Å²) >= 11 is 0. The van der Waals surface area contributed by atoms with Gasteiger partial charge < -0.3 is 19.7 Å². The van der Waals surface area contributed by atoms with Crippen molar-refractivity contribution in [3.05, 3.63) is 89.7 Å². The van der Waals surface area contributed by atoms with Crippen LogP contribution in [0.4, 0.5) is 10.1 Å². The molecule has 0 aliphatic rings. The standard InChI is InChI=1S/C31H38FN3O6S/c1-31(2,3)33-30(37)27(18-22-10-8-7-9-11-22)34(20-23-12-14-24(32)15-13-23)29(36)21-35(42(6,38)39)26-19-25(40-4)16-17-28(26)41-5/h7-17,19,27H,18,20-21H2,1-6H3,(H,33,37). The zero-order valence-electron chi connectivity index (χ0n) is 24.8. The van der Waals surface area contributed by atoms with Crippen LogP contribution in [0.15, 0.2) is 72.8 Å². The van der Waals surface area contributed by atoms with Gasteiger partial charge in [0.2, 0.25) is 21.8 Å². The molecule has 0 aliphatic carbocycles. The number of methoxy groups -OCH3 is 2. The third-order valence-electron chi connectivity index (χ3n) is 6.37. The molecule has 0 saturated carbocycles. The molecule has 0 bridgehead atoms. The van der Waals surface area contributed by atoms with Gasteiger partial charge in [-0.2, -0.15) is 0 Å². The van der Waals surface area contributed by atoms with Gasteiger partial charge in [-0.05, 0) is 56.2 Å². The lowest BCUT2D eigenvalue weighted by atomic mass is 10.0. The Balaban J connectivity index is 2.12. The number of nitrogens with zero attached hydrogens (tertiary/aromatic N) is 2. The van der Waals surface area contributed by atoms with Gasteiger partial charge in [-0.15, -0.1) is 0 Å². The molecule has 0 aliphatic heterocycles. The van der Waals surface area contributed by atoms with E-state index >= 15 is 0 Å². The number of nitrogens with one attached hydrogen (secondary N) is 1. The first kappa shape index (κ1) is 32.4. The predicted octanol–water partition coefficient (Wildman–Crippen LogP) is 4.16. The molecule has 0 saturated heterocycles. The maximum Gasteiger partial charge on any atom is 0.244 e. The zero-order valence-corrected chi connectivity index (χ0v) is 25.6. The molecule has 3 aromatic rings. The zero-order chi connectivity index (χ0) is 31.1. The number of carbonyl (C=O) groups is 2. The van der Waals surface area contributed by atoms with Crippen molar-refractivity contribution in [1.82, 2.24) is 10.2 Å². The summed E-state index contributed by atoms with van der Waals surface area (Å²) < 4.78 is 51.5. The summed E-state index contributed by atoms with van der Waals surface area (Å²) in [5, 5.41) is 2.96. The van der Waals surface area contributed by atoms with Crippen molar-refractivity contribution in [3.63, 3.8) is 0 Å². The van der Waals surface area contributed by atoms with Gasteiger partial charge >= 0.3 is 0 Å². The summed E-state index contributed by atoms with van der Waals surface area (Å²) in [5.41, 5.74) is 0.867. The first-order chi connectivity index (χ1) is 19.7. The van der Waals surface area contributed by atoms with Crippen molar-refractivity contribution < 1.29 is 31.9 Å². The number of amides is 2. The third-order valence-corrected chi connectivity index (χ3v) is 7.50. The van der Waals surface area contributed by atoms with Crippen molar-refractivity contribution >= 4 is 27.5 Å². The molecule has 1 unspecified atom stereocenters. The summed E-state index contributed by atoms with van der Waals surface area (Å²) in [6.07, 6.45) is 1.15. The van der Waals surface area contributed by atoms with Gasteiger partial charge in [0.15, 0.2) is 0 Å². The van der Waals surface area contributed by atoms with Gasteiger partial charge in [0, 0.05) is 24.6 Å². The summed E-state index contributed by atoms with van der Waals surface area (Å²) in [5.74, 6) is -0.922. The smallest absolute Gasteiger partial charge is 0.244 e. The first-order valence-electron chi connectivity index (χ1n) is 13.3. The number of anilines is 1. The Bertz CT molecular complexity index is 1470. The van der Waals surface area contributed by atoms with Gasteiger partial charge in [0.05, 0.1) is 26.2 Å². The van der Waals surface area contributed by atoms with Crippen LogP contribution in [0.1, 0.15) is 31.9 Å². The van der Waals surface area contributed by atoms with Crippen molar-refractivity contribution in [2.24, 2.45) is 0 Å². The number of carbonyl (C=O) groups excluding carboxylic acids is 2. The van der Waals surface area contributed by atoms with E-state index in [0.29, 0.717) is 11.3 Å². The Morgan fingerprint density at radius 1 is 0.929 bits per heavy atom. The van der Waals surface area contributed by atoms with Crippen LogP contribution >= 0.6 is 0 Å². The maximum absolute atomic E-state index is 14.2. The molecule has 0 aromatic heterocycles. The Morgan fingerprint density at radius 2 is 1.57 bits per heavy atom. The lowest BCUT2D eigenvalue weighted by Crippen LogP contribution is -2.56. The minimum atomic E-state index is -4.02. The minimum Gasteiger partial charge on any atom is -0.497 e. The number of ether oxygens (including phenoxy) is 2. The number of hydrogen-bond donors (Lipinski definition) is 1. The molecule has 11 heteroatoms. The highest BCUT2D eigenvalue weighted by atomic mass is 32.2. The summed E-state index contributed by atoms with van der Waals surface area (Å²) in [6, 6.07) is 18.4. The van der Waals surface area contributed by atoms with Gasteiger partial charge in [-0.25, -0.2) is 12.8 Å². The lowest BCUT2D eigenvalue weighted by molar-refractivity contribution is -0.140. The summed E-state index contributed by atoms with van der Waals surface area (Å²) in [4.78, 5) is 29.3. The van der Waals surface area contributed by atoms with Crippen LogP contribution in [0.3, 0.4) is 0 Å². The monoisotopic (exact) mass is 599 g/mol. The summed E-state index contributed by atoms with van der Waals surface area (Å²) in [6.45, 7) is 4.80. The van der Waals surface area contributed by atoms with Crippen molar-refractivity contribution in [1.29, 1.82) is 0 Å². The molecule has 9 nitrogen and oxygen atoms in total. The fourth-order valence-electron chi connectivity index (χ4n) is 4.38. The molecule has 0 fully saturated rings. The number of hydrogen-bond acceptors (Lipinski definition) is 6. The average Bonchev–Trinajstić information content (AvgIpc) is 2.93. The Kier molecular flexibility index (Phi) is 10.6. The molecule has 0 spiro atoms. The highest BCUT2D eigenvalue weighted by Crippen LogP contribution is 2.34. The van der Waals surface area contributed by atoms with Crippen LogP contribution < -0.4 is 19.1 Å². The number of halogens is 1. The van der Waals surface area contributed by atoms with E-state index in [0.717, 1.165) is 16.1 Å². The van der Waals surface area contributed by atoms with E-state index in [1.54, 1.807) is 12.1 Å². The van der Waals surface area contributed by atoms with Crippen molar-refractivity contribution in [2.45, 2.75) is 45.3 Å². The van der Waals surface area contributed by atoms with E-state index in [1.165, 1.54) is 49.5 Å². The van der Waals surface area contributed by atoms with Crippen LogP contribution in [-0.4, -0.2) is 63.7 Å². The number of rotatable bonds is 12. The number of benzene rings is 3. The van der Waals surface area contributed by atoms with Crippen LogP contribution in [0, 0.1) is 5.82 Å². The van der Waals surface area contributed by atoms with E-state index < -0.39 is 45.8 Å². The average molecular weight is 600 g/mol. The molecule has 3 aromatic carbocycles. The molecule has 42 heavy (non-hydrogen) atoms. The molecule has 0 heterocycles. The highest BCUT2D eigenvalue weighted by molar-refractivity contribution is 7.92. The van der Waals surface area contributed by atoms with Gasteiger partial charge in [0.1, 0.15) is 29.9 Å². The molecular weight excluding hydrogens is 561 g/mol. The van der Waals surface area contributed by atoms with E-state index in [2.05, 4.69) is 5.32 Å². The van der Waals surface area contributed by atoms with Gasteiger partial charge in [-0.1, -0.05) is 42.5 Å². The first-order valence-corrected chi connectivity index (χ1v) is 15.2. The molecule has 2 amide bonds. The second-order valence-corrected chi connectivity index (χ2v) is 12.8. The molecule has 1 atom stereocenters. The molecule has 226 valence electrons. The Morgan fingerprint density at radius 3 is 2.12 bits per heavy atom. The summed E-state index contributed by atoms with van der Waals surface area (Å²) in [7, 11) is -1.19. The highest BCUT2D eigenvalue weighted by Gasteiger charge is 2.35. The quantitative estimate of drug-likeness (QED) is 0.335. The SMILES string of the molecule is COc1ccc(OC)c(N(CC(=O)N(Cc2ccc(F)cc2)C(Cc2ccccc2)C(=O)NC(C)(C)C)S(C)(=O)=O)c1. The van der Waals surface area contributed by atoms with E-state index in [-0.39, 0.29) is 24.4 Å². The van der Waals surface area contributed by atoms with Gasteiger partial charge in [-0.3, -0.25) is 13.9 Å². The minimum absolute atomic E-state index is 0.0684. The molecule has 1 N–H and O–H groups in total. The van der Waals surface area contributed by atoms with Crippen LogP contribution in [0.25, 0.3) is 0 Å². The second-order valence-electron chi connectivity index (χ2n) is 10.9. The van der Waals surface area contributed by atoms with Crippen LogP contribution in [-0.2, 0) is 32.6 Å². The van der Waals surface area contributed by atoms with Crippen molar-refractivity contribution in [2.75, 3.05) is 31.3 Å². The largest absolute Gasteiger partial charge is 0.497 e. The predicted molar refractivity (Wildman–Crippen MR) is 161 cm³/mol. The van der Waals surface area contributed by atoms with E-state index in [4.69, 9.17) is 9.47 Å². The molecule has 3 rings (SSSR count).